The Hall–Kier alpha value is -0.140. The van der Waals surface area contributed by atoms with E-state index in [1.165, 1.54) is 0 Å². The zero-order valence-electron chi connectivity index (χ0n) is 10.9. The second-order valence-electron chi connectivity index (χ2n) is 4.57. The van der Waals surface area contributed by atoms with Crippen LogP contribution in [0.1, 0.15) is 13.8 Å². The normalized spacial score (nSPS) is 19.2. The number of nitriles is 2. The fourth-order valence-electron chi connectivity index (χ4n) is 1.92. The second kappa shape index (κ2) is 6.54. The van der Waals surface area contributed by atoms with Gasteiger partial charge in [-0.3, -0.25) is 0 Å². The van der Waals surface area contributed by atoms with E-state index in [1.807, 2.05) is 13.8 Å². The van der Waals surface area contributed by atoms with Crippen LogP contribution in [0.5, 0.6) is 0 Å². The number of nitrogens with zero attached hydrogens (tertiary/aromatic N) is 2. The Morgan fingerprint density at radius 1 is 0.842 bits per heavy atom. The van der Waals surface area contributed by atoms with Crippen LogP contribution in [0.4, 0.5) is 0 Å². The Bertz CT molecular complexity index is 458. The summed E-state index contributed by atoms with van der Waals surface area (Å²) >= 11 is 6.99. The van der Waals surface area contributed by atoms with Crippen LogP contribution in [0.15, 0.2) is 19.6 Å². The van der Waals surface area contributed by atoms with Crippen molar-refractivity contribution in [3.05, 3.63) is 19.6 Å². The molecule has 0 aliphatic carbocycles. The van der Waals surface area contributed by atoms with Crippen molar-refractivity contribution in [2.75, 3.05) is 23.0 Å². The van der Waals surface area contributed by atoms with Crippen molar-refractivity contribution in [2.45, 2.75) is 13.8 Å². The maximum atomic E-state index is 9.53. The highest BCUT2D eigenvalue weighted by molar-refractivity contribution is 8.25. The van der Waals surface area contributed by atoms with Crippen molar-refractivity contribution in [1.82, 2.24) is 0 Å². The van der Waals surface area contributed by atoms with Gasteiger partial charge in [-0.25, -0.2) is 0 Å². The first-order chi connectivity index (χ1) is 9.11. The van der Waals surface area contributed by atoms with Crippen LogP contribution in [-0.2, 0) is 0 Å². The first kappa shape index (κ1) is 15.3. The lowest BCUT2D eigenvalue weighted by Gasteiger charge is -2.25. The first-order valence-corrected chi connectivity index (χ1v) is 9.86. The molecule has 2 aliphatic heterocycles. The Balaban J connectivity index is 2.46. The SMILES string of the molecule is CC(C)(C(C#N)=C1SCCS1)C(C#N)=C1SCCS1. The minimum absolute atomic E-state index is 0.483. The van der Waals surface area contributed by atoms with Crippen LogP contribution >= 0.6 is 47.0 Å². The molecule has 0 radical (unpaired) electrons. The monoisotopic (exact) mass is 326 g/mol. The molecular formula is C13H14N2S4. The molecule has 0 amide bonds. The summed E-state index contributed by atoms with van der Waals surface area (Å²) in [6.45, 7) is 4.01. The van der Waals surface area contributed by atoms with E-state index in [0.29, 0.717) is 0 Å². The quantitative estimate of drug-likeness (QED) is 0.699. The van der Waals surface area contributed by atoms with E-state index in [9.17, 15) is 10.5 Å². The zero-order chi connectivity index (χ0) is 13.9. The number of rotatable bonds is 2. The van der Waals surface area contributed by atoms with Gasteiger partial charge >= 0.3 is 0 Å². The van der Waals surface area contributed by atoms with Crippen LogP contribution in [0.2, 0.25) is 0 Å². The molecule has 2 aliphatic rings. The highest BCUT2D eigenvalue weighted by Gasteiger charge is 2.35. The topological polar surface area (TPSA) is 47.6 Å². The Labute approximate surface area is 131 Å². The highest BCUT2D eigenvalue weighted by atomic mass is 32.2. The van der Waals surface area contributed by atoms with Gasteiger partial charge in [0.1, 0.15) is 0 Å². The summed E-state index contributed by atoms with van der Waals surface area (Å²) in [6, 6.07) is 4.71. The minimum Gasteiger partial charge on any atom is -0.193 e. The van der Waals surface area contributed by atoms with E-state index >= 15 is 0 Å². The fourth-order valence-corrected chi connectivity index (χ4v) is 7.44. The summed E-state index contributed by atoms with van der Waals surface area (Å²) < 4.78 is 2.21. The predicted molar refractivity (Wildman–Crippen MR) is 88.9 cm³/mol. The van der Waals surface area contributed by atoms with Gasteiger partial charge in [0.15, 0.2) is 0 Å². The van der Waals surface area contributed by atoms with E-state index < -0.39 is 5.41 Å². The molecule has 0 saturated carbocycles. The van der Waals surface area contributed by atoms with Crippen LogP contribution in [0.3, 0.4) is 0 Å². The molecule has 2 rings (SSSR count). The Morgan fingerprint density at radius 2 is 1.16 bits per heavy atom. The standard InChI is InChI=1S/C13H14N2S4/c1-13(2,9(7-14)11-16-3-4-17-11)10(8-15)12-18-5-6-19-12/h3-6H2,1-2H3. The molecule has 6 heteroatoms. The molecule has 0 N–H and O–H groups in total. The maximum absolute atomic E-state index is 9.53. The van der Waals surface area contributed by atoms with Gasteiger partial charge in [0.25, 0.3) is 0 Å². The lowest BCUT2D eigenvalue weighted by Crippen LogP contribution is -2.18. The van der Waals surface area contributed by atoms with Crippen molar-refractivity contribution in [2.24, 2.45) is 5.41 Å². The summed E-state index contributed by atoms with van der Waals surface area (Å²) in [7, 11) is 0. The molecule has 0 aromatic rings. The zero-order valence-corrected chi connectivity index (χ0v) is 14.1. The van der Waals surface area contributed by atoms with Crippen molar-refractivity contribution >= 4 is 47.0 Å². The summed E-state index contributed by atoms with van der Waals surface area (Å²) in [5.74, 6) is 4.23. The summed E-state index contributed by atoms with van der Waals surface area (Å²) in [4.78, 5) is 0. The van der Waals surface area contributed by atoms with Gasteiger partial charge in [-0.1, -0.05) is 13.8 Å². The Kier molecular flexibility index (Phi) is 5.25. The molecule has 100 valence electrons. The largest absolute Gasteiger partial charge is 0.193 e. The molecule has 0 spiro atoms. The number of thioether (sulfide) groups is 4. The maximum Gasteiger partial charge on any atom is 0.0974 e. The van der Waals surface area contributed by atoms with Gasteiger partial charge in [0, 0.05) is 28.4 Å². The average Bonchev–Trinajstić information content (AvgIpc) is 3.02. The average molecular weight is 327 g/mol. The smallest absolute Gasteiger partial charge is 0.0974 e. The van der Waals surface area contributed by atoms with Crippen molar-refractivity contribution in [3.8, 4) is 12.1 Å². The fraction of sp³-hybridized carbons (Fsp3) is 0.538. The van der Waals surface area contributed by atoms with E-state index in [1.54, 1.807) is 47.0 Å². The molecule has 19 heavy (non-hydrogen) atoms. The predicted octanol–water partition coefficient (Wildman–Crippen LogP) is 4.44. The highest BCUT2D eigenvalue weighted by Crippen LogP contribution is 2.50. The number of hydrogen-bond acceptors (Lipinski definition) is 6. The molecular weight excluding hydrogens is 312 g/mol. The van der Waals surface area contributed by atoms with Gasteiger partial charge in [-0.2, -0.15) is 10.5 Å². The van der Waals surface area contributed by atoms with Gasteiger partial charge in [-0.15, -0.1) is 47.0 Å². The van der Waals surface area contributed by atoms with E-state index in [2.05, 4.69) is 12.1 Å². The molecule has 0 unspecified atom stereocenters. The van der Waals surface area contributed by atoms with Crippen molar-refractivity contribution in [1.29, 1.82) is 10.5 Å². The van der Waals surface area contributed by atoms with Crippen LogP contribution in [0.25, 0.3) is 0 Å². The Morgan fingerprint density at radius 3 is 1.42 bits per heavy atom. The second-order valence-corrected chi connectivity index (χ2v) is 9.50. The van der Waals surface area contributed by atoms with Gasteiger partial charge < -0.3 is 0 Å². The lowest BCUT2D eigenvalue weighted by molar-refractivity contribution is 0.573. The summed E-state index contributed by atoms with van der Waals surface area (Å²) in [5, 5.41) is 19.1. The van der Waals surface area contributed by atoms with E-state index in [4.69, 9.17) is 0 Å². The van der Waals surface area contributed by atoms with Gasteiger partial charge in [0.2, 0.25) is 0 Å². The summed E-state index contributed by atoms with van der Waals surface area (Å²) in [6.07, 6.45) is 0. The molecule has 2 heterocycles. The van der Waals surface area contributed by atoms with Crippen LogP contribution < -0.4 is 0 Å². The molecule has 2 saturated heterocycles. The minimum atomic E-state index is -0.483. The summed E-state index contributed by atoms with van der Waals surface area (Å²) in [5.41, 5.74) is 1.04. The third kappa shape index (κ3) is 3.13. The first-order valence-electron chi connectivity index (χ1n) is 5.92. The van der Waals surface area contributed by atoms with Crippen molar-refractivity contribution < 1.29 is 0 Å². The van der Waals surface area contributed by atoms with E-state index in [0.717, 1.165) is 42.6 Å². The molecule has 2 fully saturated rings. The molecule has 2 nitrogen and oxygen atoms in total. The lowest BCUT2D eigenvalue weighted by atomic mass is 9.79. The third-order valence-electron chi connectivity index (χ3n) is 2.98. The van der Waals surface area contributed by atoms with Crippen molar-refractivity contribution in [3.63, 3.8) is 0 Å². The molecule has 0 aromatic carbocycles. The third-order valence-corrected chi connectivity index (χ3v) is 8.41. The number of allylic oxidation sites excluding steroid dienone is 2. The molecule has 0 bridgehead atoms. The molecule has 0 atom stereocenters. The van der Waals surface area contributed by atoms with Crippen LogP contribution in [-0.4, -0.2) is 23.0 Å². The van der Waals surface area contributed by atoms with Gasteiger partial charge in [-0.05, 0) is 0 Å². The number of hydrogen-bond donors (Lipinski definition) is 0. The van der Waals surface area contributed by atoms with Gasteiger partial charge in [0.05, 0.1) is 31.8 Å². The van der Waals surface area contributed by atoms with Crippen LogP contribution in [0, 0.1) is 28.1 Å². The molecule has 0 aromatic heterocycles. The van der Waals surface area contributed by atoms with E-state index in [-0.39, 0.29) is 0 Å².